The van der Waals surface area contributed by atoms with Crippen LogP contribution in [0, 0.1) is 0 Å². The number of amides is 1. The molecule has 3 N–H and O–H groups in total. The molecule has 0 aliphatic rings. The van der Waals surface area contributed by atoms with Gasteiger partial charge in [-0.05, 0) is 18.9 Å². The van der Waals surface area contributed by atoms with Crippen molar-refractivity contribution in [2.24, 2.45) is 0 Å². The zero-order valence-electron chi connectivity index (χ0n) is 10.9. The monoisotopic (exact) mass is 251 g/mol. The number of nitrogens with one attached hydrogen (secondary N) is 1. The van der Waals surface area contributed by atoms with Crippen molar-refractivity contribution in [1.82, 2.24) is 5.32 Å². The Balaban J connectivity index is 2.70. The molecule has 0 fully saturated rings. The maximum Gasteiger partial charge on any atom is 0.225 e. The fourth-order valence-corrected chi connectivity index (χ4v) is 1.86. The normalized spacial score (nSPS) is 11.3. The molecule has 1 aromatic rings. The molecular formula is C14H21NO3. The zero-order chi connectivity index (χ0) is 13.6. The van der Waals surface area contributed by atoms with Crippen LogP contribution in [0.3, 0.4) is 0 Å². The summed E-state index contributed by atoms with van der Waals surface area (Å²) in [5, 5.41) is 21.8. The van der Waals surface area contributed by atoms with E-state index in [1.165, 1.54) is 0 Å². The molecule has 0 radical (unpaired) electrons. The van der Waals surface area contributed by atoms with Crippen molar-refractivity contribution in [3.05, 3.63) is 29.8 Å². The van der Waals surface area contributed by atoms with Gasteiger partial charge in [-0.25, -0.2) is 0 Å². The Morgan fingerprint density at radius 1 is 1.28 bits per heavy atom. The summed E-state index contributed by atoms with van der Waals surface area (Å²) < 4.78 is 0. The minimum atomic E-state index is -0.554. The summed E-state index contributed by atoms with van der Waals surface area (Å²) in [7, 11) is 0. The van der Waals surface area contributed by atoms with Crippen LogP contribution in [0.25, 0.3) is 0 Å². The van der Waals surface area contributed by atoms with Crippen molar-refractivity contribution in [3.63, 3.8) is 0 Å². The molecule has 0 spiro atoms. The first-order valence-electron chi connectivity index (χ1n) is 6.25. The number of phenolic OH excluding ortho intramolecular Hbond substituents is 1. The fraction of sp³-hybridized carbons (Fsp3) is 0.500. The minimum absolute atomic E-state index is 0.0769. The highest BCUT2D eigenvalue weighted by Crippen LogP contribution is 2.18. The summed E-state index contributed by atoms with van der Waals surface area (Å²) in [5.41, 5.74) is 0.0376. The van der Waals surface area contributed by atoms with Crippen molar-refractivity contribution in [1.29, 1.82) is 0 Å². The molecule has 0 aromatic heterocycles. The Labute approximate surface area is 108 Å². The summed E-state index contributed by atoms with van der Waals surface area (Å²) in [5.74, 6) is -0.0653. The highest BCUT2D eigenvalue weighted by molar-refractivity contribution is 5.80. The fourth-order valence-electron chi connectivity index (χ4n) is 1.86. The second-order valence-electron chi connectivity index (χ2n) is 4.50. The lowest BCUT2D eigenvalue weighted by Crippen LogP contribution is -2.51. The number of aliphatic hydroxyl groups excluding tert-OH is 1. The molecule has 100 valence electrons. The van der Waals surface area contributed by atoms with Gasteiger partial charge in [0.15, 0.2) is 0 Å². The molecule has 0 aliphatic heterocycles. The van der Waals surface area contributed by atoms with Gasteiger partial charge in [0.2, 0.25) is 5.91 Å². The summed E-state index contributed by atoms with van der Waals surface area (Å²) in [6.07, 6.45) is 1.47. The average Bonchev–Trinajstić information content (AvgIpc) is 2.39. The van der Waals surface area contributed by atoms with Gasteiger partial charge in [-0.2, -0.15) is 0 Å². The third-order valence-corrected chi connectivity index (χ3v) is 3.40. The first-order valence-corrected chi connectivity index (χ1v) is 6.25. The molecule has 18 heavy (non-hydrogen) atoms. The van der Waals surface area contributed by atoms with Gasteiger partial charge >= 0.3 is 0 Å². The number of aliphatic hydroxyl groups is 1. The third-order valence-electron chi connectivity index (χ3n) is 3.40. The summed E-state index contributed by atoms with van der Waals surface area (Å²) in [6.45, 7) is 3.78. The topological polar surface area (TPSA) is 69.6 Å². The van der Waals surface area contributed by atoms with Crippen molar-refractivity contribution in [2.75, 3.05) is 6.61 Å². The summed E-state index contributed by atoms with van der Waals surface area (Å²) in [4.78, 5) is 11.9. The predicted octanol–water partition coefficient (Wildman–Crippen LogP) is 1.60. The van der Waals surface area contributed by atoms with Crippen molar-refractivity contribution in [3.8, 4) is 5.75 Å². The van der Waals surface area contributed by atoms with E-state index < -0.39 is 5.54 Å². The van der Waals surface area contributed by atoms with Crippen LogP contribution >= 0.6 is 0 Å². The van der Waals surface area contributed by atoms with E-state index >= 15 is 0 Å². The van der Waals surface area contributed by atoms with Crippen LogP contribution in [0.5, 0.6) is 5.75 Å². The van der Waals surface area contributed by atoms with Gasteiger partial charge in [0.05, 0.1) is 18.6 Å². The Bertz CT molecular complexity index is 392. The Kier molecular flexibility index (Phi) is 5.16. The zero-order valence-corrected chi connectivity index (χ0v) is 10.9. The Morgan fingerprint density at radius 3 is 2.39 bits per heavy atom. The lowest BCUT2D eigenvalue weighted by Gasteiger charge is -2.30. The molecule has 1 rings (SSSR count). The van der Waals surface area contributed by atoms with Crippen LogP contribution < -0.4 is 5.32 Å². The van der Waals surface area contributed by atoms with Gasteiger partial charge < -0.3 is 15.5 Å². The Morgan fingerprint density at radius 2 is 1.89 bits per heavy atom. The van der Waals surface area contributed by atoms with E-state index in [1.807, 2.05) is 13.8 Å². The van der Waals surface area contributed by atoms with Gasteiger partial charge in [-0.15, -0.1) is 0 Å². The molecule has 1 aromatic carbocycles. The van der Waals surface area contributed by atoms with Gasteiger partial charge in [0.25, 0.3) is 0 Å². The number of aromatic hydroxyl groups is 1. The second kappa shape index (κ2) is 6.40. The quantitative estimate of drug-likeness (QED) is 0.719. The first-order chi connectivity index (χ1) is 8.56. The van der Waals surface area contributed by atoms with Crippen molar-refractivity contribution in [2.45, 2.75) is 38.6 Å². The average molecular weight is 251 g/mol. The van der Waals surface area contributed by atoms with Gasteiger partial charge in [-0.1, -0.05) is 32.0 Å². The van der Waals surface area contributed by atoms with Crippen LogP contribution in [0.4, 0.5) is 0 Å². The largest absolute Gasteiger partial charge is 0.508 e. The number of hydrogen-bond acceptors (Lipinski definition) is 3. The van der Waals surface area contributed by atoms with E-state index in [9.17, 15) is 15.0 Å². The van der Waals surface area contributed by atoms with E-state index in [4.69, 9.17) is 0 Å². The summed E-state index contributed by atoms with van der Waals surface area (Å²) in [6, 6.07) is 6.77. The maximum absolute atomic E-state index is 11.9. The number of benzene rings is 1. The predicted molar refractivity (Wildman–Crippen MR) is 70.4 cm³/mol. The SMILES string of the molecule is CCC(CC)(CO)NC(=O)Cc1ccccc1O. The molecule has 0 saturated heterocycles. The highest BCUT2D eigenvalue weighted by Gasteiger charge is 2.27. The van der Waals surface area contributed by atoms with E-state index in [-0.39, 0.29) is 24.7 Å². The number of para-hydroxylation sites is 1. The number of carbonyl (C=O) groups is 1. The van der Waals surface area contributed by atoms with E-state index in [0.29, 0.717) is 18.4 Å². The summed E-state index contributed by atoms with van der Waals surface area (Å²) >= 11 is 0. The molecule has 0 heterocycles. The van der Waals surface area contributed by atoms with Crippen molar-refractivity contribution < 1.29 is 15.0 Å². The second-order valence-corrected chi connectivity index (χ2v) is 4.50. The highest BCUT2D eigenvalue weighted by atomic mass is 16.3. The van der Waals surface area contributed by atoms with E-state index in [1.54, 1.807) is 24.3 Å². The molecule has 0 saturated carbocycles. The number of rotatable bonds is 6. The van der Waals surface area contributed by atoms with Crippen LogP contribution in [-0.4, -0.2) is 28.3 Å². The van der Waals surface area contributed by atoms with Gasteiger partial charge in [0.1, 0.15) is 5.75 Å². The smallest absolute Gasteiger partial charge is 0.225 e. The van der Waals surface area contributed by atoms with Gasteiger partial charge in [-0.3, -0.25) is 4.79 Å². The molecule has 4 heteroatoms. The first kappa shape index (κ1) is 14.5. The molecule has 0 aliphatic carbocycles. The van der Waals surface area contributed by atoms with Crippen LogP contribution in [0.15, 0.2) is 24.3 Å². The van der Waals surface area contributed by atoms with Crippen LogP contribution in [0.1, 0.15) is 32.3 Å². The maximum atomic E-state index is 11.9. The number of carbonyl (C=O) groups excluding carboxylic acids is 1. The lowest BCUT2D eigenvalue weighted by molar-refractivity contribution is -0.123. The van der Waals surface area contributed by atoms with Crippen LogP contribution in [-0.2, 0) is 11.2 Å². The molecular weight excluding hydrogens is 230 g/mol. The molecule has 0 atom stereocenters. The van der Waals surface area contributed by atoms with Gasteiger partial charge in [0, 0.05) is 5.56 Å². The molecule has 0 unspecified atom stereocenters. The number of phenols is 1. The van der Waals surface area contributed by atoms with Crippen molar-refractivity contribution >= 4 is 5.91 Å². The molecule has 1 amide bonds. The third kappa shape index (κ3) is 3.47. The molecule has 0 bridgehead atoms. The van der Waals surface area contributed by atoms with Crippen LogP contribution in [0.2, 0.25) is 0 Å². The van der Waals surface area contributed by atoms with E-state index in [0.717, 1.165) is 0 Å². The van der Waals surface area contributed by atoms with E-state index in [2.05, 4.69) is 5.32 Å². The molecule has 4 nitrogen and oxygen atoms in total. The lowest BCUT2D eigenvalue weighted by atomic mass is 9.93. The minimum Gasteiger partial charge on any atom is -0.508 e. The standard InChI is InChI=1S/C14H21NO3/c1-3-14(4-2,10-16)15-13(18)9-11-7-5-6-8-12(11)17/h5-8,16-17H,3-4,9-10H2,1-2H3,(H,15,18). The Hall–Kier alpha value is -1.55. The number of hydrogen-bond donors (Lipinski definition) is 3.